The van der Waals surface area contributed by atoms with E-state index in [0.29, 0.717) is 22.8 Å². The zero-order chi connectivity index (χ0) is 18.7. The van der Waals surface area contributed by atoms with E-state index in [4.69, 9.17) is 9.15 Å². The van der Waals surface area contributed by atoms with Crippen molar-refractivity contribution in [1.82, 2.24) is 15.0 Å². The number of benzene rings is 1. The Kier molecular flexibility index (Phi) is 4.83. The molecular formula is C18H17N3O5. The molecule has 0 unspecified atom stereocenters. The van der Waals surface area contributed by atoms with Crippen LogP contribution in [0, 0.1) is 6.92 Å². The molecule has 0 aliphatic rings. The summed E-state index contributed by atoms with van der Waals surface area (Å²) in [7, 11) is 0. The molecule has 8 nitrogen and oxygen atoms in total. The Bertz CT molecular complexity index is 1010. The van der Waals surface area contributed by atoms with Gasteiger partial charge in [-0.3, -0.25) is 9.59 Å². The third kappa shape index (κ3) is 3.97. The van der Waals surface area contributed by atoms with Gasteiger partial charge in [-0.25, -0.2) is 4.68 Å². The molecule has 1 aromatic carbocycles. The molecule has 26 heavy (non-hydrogen) atoms. The predicted molar refractivity (Wildman–Crippen MR) is 91.3 cm³/mol. The average Bonchev–Trinajstić information content (AvgIpc) is 3.04. The Morgan fingerprint density at radius 3 is 2.88 bits per heavy atom. The minimum absolute atomic E-state index is 0.0743. The normalized spacial score (nSPS) is 10.7. The number of aromatic nitrogens is 3. The number of carbonyl (C=O) groups excluding carboxylic acids is 1. The highest BCUT2D eigenvalue weighted by Crippen LogP contribution is 2.21. The minimum atomic E-state index is -0.522. The van der Waals surface area contributed by atoms with Gasteiger partial charge < -0.3 is 14.3 Å². The van der Waals surface area contributed by atoms with E-state index >= 15 is 0 Å². The van der Waals surface area contributed by atoms with Crippen molar-refractivity contribution in [2.45, 2.75) is 27.0 Å². The lowest BCUT2D eigenvalue weighted by Crippen LogP contribution is -2.05. The van der Waals surface area contributed by atoms with E-state index in [0.717, 1.165) is 11.8 Å². The standard InChI is InChI=1S/C18H17N3O5/c1-11-3-4-18(15(5-11)12(2)22)26-9-13-7-21(20-19-13)8-14-6-16(23)17(24)10-25-14/h3-7,10,24H,8-9H2,1-2H3. The first-order chi connectivity index (χ1) is 12.4. The van der Waals surface area contributed by atoms with Gasteiger partial charge in [0.2, 0.25) is 5.43 Å². The number of Topliss-reactive ketones (excluding diaryl/α,β-unsaturated/α-hetero) is 1. The van der Waals surface area contributed by atoms with E-state index in [1.807, 2.05) is 13.0 Å². The van der Waals surface area contributed by atoms with Gasteiger partial charge >= 0.3 is 0 Å². The summed E-state index contributed by atoms with van der Waals surface area (Å²) in [5, 5.41) is 17.1. The predicted octanol–water partition coefficient (Wildman–Crippen LogP) is 2.08. The molecule has 8 heteroatoms. The summed E-state index contributed by atoms with van der Waals surface area (Å²) >= 11 is 0. The molecule has 3 aromatic rings. The van der Waals surface area contributed by atoms with Crippen molar-refractivity contribution in [3.8, 4) is 11.5 Å². The Morgan fingerprint density at radius 2 is 2.15 bits per heavy atom. The first kappa shape index (κ1) is 17.4. The highest BCUT2D eigenvalue weighted by atomic mass is 16.5. The first-order valence-electron chi connectivity index (χ1n) is 7.86. The summed E-state index contributed by atoms with van der Waals surface area (Å²) in [4.78, 5) is 23.1. The van der Waals surface area contributed by atoms with Gasteiger partial charge in [0.15, 0.2) is 11.5 Å². The van der Waals surface area contributed by atoms with Crippen LogP contribution in [0.4, 0.5) is 0 Å². The number of hydrogen-bond acceptors (Lipinski definition) is 7. The van der Waals surface area contributed by atoms with Crippen LogP contribution in [0.25, 0.3) is 0 Å². The smallest absolute Gasteiger partial charge is 0.226 e. The Morgan fingerprint density at radius 1 is 1.35 bits per heavy atom. The maximum Gasteiger partial charge on any atom is 0.226 e. The molecule has 0 aliphatic carbocycles. The van der Waals surface area contributed by atoms with Crippen LogP contribution in [0.3, 0.4) is 0 Å². The summed E-state index contributed by atoms with van der Waals surface area (Å²) in [5.74, 6) is 0.306. The molecule has 0 aliphatic heterocycles. The molecule has 0 bridgehead atoms. The molecule has 3 rings (SSSR count). The van der Waals surface area contributed by atoms with Crippen LogP contribution >= 0.6 is 0 Å². The second kappa shape index (κ2) is 7.22. The molecular weight excluding hydrogens is 338 g/mol. The lowest BCUT2D eigenvalue weighted by molar-refractivity contribution is 0.101. The van der Waals surface area contributed by atoms with E-state index in [1.54, 1.807) is 18.3 Å². The van der Waals surface area contributed by atoms with Gasteiger partial charge in [0.1, 0.15) is 36.6 Å². The molecule has 0 spiro atoms. The molecule has 2 heterocycles. The Hall–Kier alpha value is -3.42. The average molecular weight is 355 g/mol. The van der Waals surface area contributed by atoms with Gasteiger partial charge in [0.05, 0.1) is 11.8 Å². The number of aromatic hydroxyl groups is 1. The van der Waals surface area contributed by atoms with Crippen molar-refractivity contribution in [2.75, 3.05) is 0 Å². The quantitative estimate of drug-likeness (QED) is 0.674. The van der Waals surface area contributed by atoms with Gasteiger partial charge in [-0.1, -0.05) is 16.8 Å². The van der Waals surface area contributed by atoms with Crippen molar-refractivity contribution < 1.29 is 19.1 Å². The first-order valence-corrected chi connectivity index (χ1v) is 7.86. The van der Waals surface area contributed by atoms with Crippen molar-refractivity contribution in [1.29, 1.82) is 0 Å². The topological polar surface area (TPSA) is 107 Å². The molecule has 0 saturated heterocycles. The number of nitrogens with zero attached hydrogens (tertiary/aromatic N) is 3. The highest BCUT2D eigenvalue weighted by Gasteiger charge is 2.11. The van der Waals surface area contributed by atoms with E-state index in [1.165, 1.54) is 17.7 Å². The zero-order valence-corrected chi connectivity index (χ0v) is 14.3. The lowest BCUT2D eigenvalue weighted by Gasteiger charge is -2.09. The fourth-order valence-electron chi connectivity index (χ4n) is 2.36. The summed E-state index contributed by atoms with van der Waals surface area (Å²) in [6.07, 6.45) is 2.63. The molecule has 2 aromatic heterocycles. The molecule has 0 fully saturated rings. The molecule has 0 amide bonds. The zero-order valence-electron chi connectivity index (χ0n) is 14.3. The second-order valence-electron chi connectivity index (χ2n) is 5.85. The number of rotatable bonds is 6. The SMILES string of the molecule is CC(=O)c1cc(C)ccc1OCc1cn(Cc2cc(=O)c(O)co2)nn1. The van der Waals surface area contributed by atoms with Gasteiger partial charge in [0, 0.05) is 6.07 Å². The Balaban J connectivity index is 1.68. The third-order valence-corrected chi connectivity index (χ3v) is 3.66. The fraction of sp³-hybridized carbons (Fsp3) is 0.222. The second-order valence-corrected chi connectivity index (χ2v) is 5.85. The molecule has 134 valence electrons. The van der Waals surface area contributed by atoms with Crippen LogP contribution in [0.15, 0.2) is 45.9 Å². The van der Waals surface area contributed by atoms with E-state index < -0.39 is 11.2 Å². The summed E-state index contributed by atoms with van der Waals surface area (Å²) in [6, 6.07) is 6.59. The lowest BCUT2D eigenvalue weighted by atomic mass is 10.1. The van der Waals surface area contributed by atoms with Gasteiger partial charge in [-0.15, -0.1) is 5.10 Å². The van der Waals surface area contributed by atoms with Crippen LogP contribution in [-0.4, -0.2) is 25.9 Å². The Labute approximate surface area is 148 Å². The maximum absolute atomic E-state index is 11.7. The maximum atomic E-state index is 11.7. The third-order valence-electron chi connectivity index (χ3n) is 3.66. The van der Waals surface area contributed by atoms with Crippen LogP contribution in [0.1, 0.15) is 34.3 Å². The largest absolute Gasteiger partial charge is 0.502 e. The summed E-state index contributed by atoms with van der Waals surface area (Å²) < 4.78 is 12.3. The summed E-state index contributed by atoms with van der Waals surface area (Å²) in [6.45, 7) is 3.72. The number of carbonyl (C=O) groups is 1. The van der Waals surface area contributed by atoms with Gasteiger partial charge in [-0.2, -0.15) is 0 Å². The highest BCUT2D eigenvalue weighted by molar-refractivity contribution is 5.97. The number of aryl methyl sites for hydroxylation is 1. The van der Waals surface area contributed by atoms with Crippen LogP contribution in [0.5, 0.6) is 11.5 Å². The monoisotopic (exact) mass is 355 g/mol. The number of ether oxygens (including phenoxy) is 1. The van der Waals surface area contributed by atoms with E-state index in [9.17, 15) is 14.7 Å². The summed E-state index contributed by atoms with van der Waals surface area (Å²) in [5.41, 5.74) is 1.53. The van der Waals surface area contributed by atoms with Crippen molar-refractivity contribution in [3.05, 3.63) is 69.5 Å². The molecule has 1 N–H and O–H groups in total. The van der Waals surface area contributed by atoms with Crippen molar-refractivity contribution in [2.24, 2.45) is 0 Å². The van der Waals surface area contributed by atoms with Gasteiger partial charge in [0.25, 0.3) is 0 Å². The minimum Gasteiger partial charge on any atom is -0.502 e. The van der Waals surface area contributed by atoms with Crippen LogP contribution < -0.4 is 10.2 Å². The van der Waals surface area contributed by atoms with Crippen LogP contribution in [-0.2, 0) is 13.2 Å². The molecule has 0 atom stereocenters. The van der Waals surface area contributed by atoms with E-state index in [-0.39, 0.29) is 18.9 Å². The number of ketones is 1. The molecule has 0 radical (unpaired) electrons. The van der Waals surface area contributed by atoms with Crippen molar-refractivity contribution >= 4 is 5.78 Å². The van der Waals surface area contributed by atoms with Crippen LogP contribution in [0.2, 0.25) is 0 Å². The fourth-order valence-corrected chi connectivity index (χ4v) is 2.36. The van der Waals surface area contributed by atoms with E-state index in [2.05, 4.69) is 10.3 Å². The molecule has 0 saturated carbocycles. The number of hydrogen-bond donors (Lipinski definition) is 1. The van der Waals surface area contributed by atoms with Gasteiger partial charge in [-0.05, 0) is 26.0 Å². The van der Waals surface area contributed by atoms with Crippen molar-refractivity contribution in [3.63, 3.8) is 0 Å².